The first-order chi connectivity index (χ1) is 6.33. The van der Waals surface area contributed by atoms with Crippen molar-refractivity contribution >= 4 is 5.91 Å². The van der Waals surface area contributed by atoms with Gasteiger partial charge in [-0.3, -0.25) is 4.79 Å². The molecule has 2 saturated heterocycles. The van der Waals surface area contributed by atoms with Gasteiger partial charge >= 0.3 is 0 Å². The van der Waals surface area contributed by atoms with Crippen LogP contribution >= 0.6 is 0 Å². The molecule has 2 atom stereocenters. The van der Waals surface area contributed by atoms with E-state index in [1.54, 1.807) is 0 Å². The van der Waals surface area contributed by atoms with Gasteiger partial charge in [0, 0.05) is 19.6 Å². The van der Waals surface area contributed by atoms with Gasteiger partial charge in [-0.25, -0.2) is 0 Å². The van der Waals surface area contributed by atoms with Crippen LogP contribution in [0.25, 0.3) is 0 Å². The smallest absolute Gasteiger partial charge is 0.236 e. The van der Waals surface area contributed by atoms with Crippen molar-refractivity contribution in [2.24, 2.45) is 5.73 Å². The number of carbonyl (C=O) groups excluding carboxylic acids is 1. The maximum absolute atomic E-state index is 11.4. The number of carbonyl (C=O) groups is 1. The molecule has 0 spiro atoms. The third-order valence-electron chi connectivity index (χ3n) is 2.69. The third-order valence-corrected chi connectivity index (χ3v) is 2.69. The van der Waals surface area contributed by atoms with Crippen LogP contribution in [0.4, 0.5) is 0 Å². The molecule has 2 heterocycles. The fourth-order valence-electron chi connectivity index (χ4n) is 2.02. The number of hydrogen-bond acceptors (Lipinski definition) is 4. The van der Waals surface area contributed by atoms with Gasteiger partial charge in [0.25, 0.3) is 0 Å². The normalized spacial score (nSPS) is 33.2. The molecule has 2 rings (SSSR count). The predicted octanol–water partition coefficient (Wildman–Crippen LogP) is -1.86. The number of rotatable bonds is 1. The lowest BCUT2D eigenvalue weighted by molar-refractivity contribution is -0.141. The molecule has 5 heteroatoms. The Morgan fingerprint density at radius 2 is 2.46 bits per heavy atom. The fourth-order valence-corrected chi connectivity index (χ4v) is 2.02. The second-order valence-electron chi connectivity index (χ2n) is 3.43. The molecule has 5 nitrogen and oxygen atoms in total. The highest BCUT2D eigenvalue weighted by Gasteiger charge is 2.37. The molecular weight excluding hydrogens is 170 g/mol. The second kappa shape index (κ2) is 3.61. The lowest BCUT2D eigenvalue weighted by Crippen LogP contribution is -2.54. The molecule has 0 aliphatic carbocycles. The minimum absolute atomic E-state index is 0.0296. The van der Waals surface area contributed by atoms with Gasteiger partial charge in [0.1, 0.15) is 0 Å². The first-order valence-electron chi connectivity index (χ1n) is 4.65. The van der Waals surface area contributed by atoms with Gasteiger partial charge in [0.2, 0.25) is 5.91 Å². The van der Waals surface area contributed by atoms with Crippen molar-refractivity contribution in [3.63, 3.8) is 0 Å². The molecule has 13 heavy (non-hydrogen) atoms. The van der Waals surface area contributed by atoms with Gasteiger partial charge in [0.05, 0.1) is 25.3 Å². The summed E-state index contributed by atoms with van der Waals surface area (Å²) >= 11 is 0. The second-order valence-corrected chi connectivity index (χ2v) is 3.43. The number of amides is 1. The van der Waals surface area contributed by atoms with Crippen LogP contribution in [0.1, 0.15) is 0 Å². The Balaban J connectivity index is 2.05. The summed E-state index contributed by atoms with van der Waals surface area (Å²) in [6.45, 7) is 3.09. The molecule has 0 bridgehead atoms. The monoisotopic (exact) mass is 185 g/mol. The summed E-state index contributed by atoms with van der Waals surface area (Å²) in [4.78, 5) is 13.3. The summed E-state index contributed by atoms with van der Waals surface area (Å²) in [5.74, 6) is 0.0296. The molecule has 2 fully saturated rings. The zero-order valence-corrected chi connectivity index (χ0v) is 7.53. The number of fused-ring (bicyclic) bond motifs is 1. The zero-order valence-electron chi connectivity index (χ0n) is 7.53. The van der Waals surface area contributed by atoms with Crippen LogP contribution in [-0.2, 0) is 9.53 Å². The molecule has 0 saturated carbocycles. The van der Waals surface area contributed by atoms with Gasteiger partial charge < -0.3 is 20.7 Å². The standard InChI is InChI=1S/C8H15N3O2/c9-3-8(12)11-1-2-13-7-5-10-4-6(7)11/h6-7,10H,1-5,9H2/t6-,7+/m1/s1. The number of morpholine rings is 1. The Labute approximate surface area is 77.2 Å². The Morgan fingerprint density at radius 1 is 1.62 bits per heavy atom. The van der Waals surface area contributed by atoms with Crippen molar-refractivity contribution in [3.8, 4) is 0 Å². The van der Waals surface area contributed by atoms with Crippen molar-refractivity contribution in [2.75, 3.05) is 32.8 Å². The Kier molecular flexibility index (Phi) is 2.48. The third kappa shape index (κ3) is 1.54. The number of nitrogens with one attached hydrogen (secondary N) is 1. The molecule has 0 aromatic rings. The zero-order chi connectivity index (χ0) is 9.26. The summed E-state index contributed by atoms with van der Waals surface area (Å²) in [6.07, 6.45) is 0.171. The number of hydrogen-bond donors (Lipinski definition) is 2. The van der Waals surface area contributed by atoms with E-state index in [9.17, 15) is 4.79 Å². The van der Waals surface area contributed by atoms with E-state index >= 15 is 0 Å². The molecule has 74 valence electrons. The molecule has 0 aromatic heterocycles. The SMILES string of the molecule is NCC(=O)N1CCO[C@H]2CNC[C@H]21. The van der Waals surface area contributed by atoms with Crippen molar-refractivity contribution in [3.05, 3.63) is 0 Å². The van der Waals surface area contributed by atoms with Crippen LogP contribution in [0.2, 0.25) is 0 Å². The molecule has 0 unspecified atom stereocenters. The van der Waals surface area contributed by atoms with Crippen molar-refractivity contribution in [1.82, 2.24) is 10.2 Å². The molecule has 0 radical (unpaired) electrons. The van der Waals surface area contributed by atoms with Crippen molar-refractivity contribution in [2.45, 2.75) is 12.1 Å². The van der Waals surface area contributed by atoms with Crippen LogP contribution in [0.5, 0.6) is 0 Å². The predicted molar refractivity (Wildman–Crippen MR) is 47.2 cm³/mol. The molecule has 2 aliphatic heterocycles. The first-order valence-corrected chi connectivity index (χ1v) is 4.65. The first kappa shape index (κ1) is 8.93. The average molecular weight is 185 g/mol. The molecule has 1 amide bonds. The van der Waals surface area contributed by atoms with Crippen LogP contribution in [0.15, 0.2) is 0 Å². The Morgan fingerprint density at radius 3 is 3.23 bits per heavy atom. The van der Waals surface area contributed by atoms with E-state index in [0.29, 0.717) is 13.2 Å². The minimum Gasteiger partial charge on any atom is -0.373 e. The molecule has 3 N–H and O–H groups in total. The quantitative estimate of drug-likeness (QED) is 0.503. The largest absolute Gasteiger partial charge is 0.373 e. The topological polar surface area (TPSA) is 67.6 Å². The molecule has 0 aromatic carbocycles. The van der Waals surface area contributed by atoms with Crippen molar-refractivity contribution in [1.29, 1.82) is 0 Å². The molecular formula is C8H15N3O2. The van der Waals surface area contributed by atoms with Crippen LogP contribution in [0, 0.1) is 0 Å². The molecule has 2 aliphatic rings. The minimum atomic E-state index is 0.0296. The van der Waals surface area contributed by atoms with Gasteiger partial charge in [-0.2, -0.15) is 0 Å². The maximum atomic E-state index is 11.4. The Hall–Kier alpha value is -0.650. The number of nitrogens with two attached hydrogens (primary N) is 1. The number of nitrogens with zero attached hydrogens (tertiary/aromatic N) is 1. The van der Waals surface area contributed by atoms with E-state index in [-0.39, 0.29) is 24.6 Å². The highest BCUT2D eigenvalue weighted by molar-refractivity contribution is 5.78. The number of ether oxygens (including phenoxy) is 1. The highest BCUT2D eigenvalue weighted by Crippen LogP contribution is 2.17. The summed E-state index contributed by atoms with van der Waals surface area (Å²) in [5, 5.41) is 3.21. The van der Waals surface area contributed by atoms with Gasteiger partial charge in [-0.1, -0.05) is 0 Å². The summed E-state index contributed by atoms with van der Waals surface area (Å²) < 4.78 is 5.53. The highest BCUT2D eigenvalue weighted by atomic mass is 16.5. The van der Waals surface area contributed by atoms with E-state index in [4.69, 9.17) is 10.5 Å². The lowest BCUT2D eigenvalue weighted by Gasteiger charge is -2.36. The lowest BCUT2D eigenvalue weighted by atomic mass is 10.1. The van der Waals surface area contributed by atoms with Gasteiger partial charge in [-0.05, 0) is 0 Å². The van der Waals surface area contributed by atoms with Crippen LogP contribution < -0.4 is 11.1 Å². The van der Waals surface area contributed by atoms with Gasteiger partial charge in [-0.15, -0.1) is 0 Å². The van der Waals surface area contributed by atoms with E-state index in [0.717, 1.165) is 13.1 Å². The maximum Gasteiger partial charge on any atom is 0.236 e. The van der Waals surface area contributed by atoms with E-state index in [2.05, 4.69) is 5.32 Å². The summed E-state index contributed by atoms with van der Waals surface area (Å²) in [7, 11) is 0. The van der Waals surface area contributed by atoms with Gasteiger partial charge in [0.15, 0.2) is 0 Å². The van der Waals surface area contributed by atoms with E-state index in [1.807, 2.05) is 4.90 Å². The summed E-state index contributed by atoms with van der Waals surface area (Å²) in [6, 6.07) is 0.199. The van der Waals surface area contributed by atoms with E-state index < -0.39 is 0 Å². The van der Waals surface area contributed by atoms with Crippen molar-refractivity contribution < 1.29 is 9.53 Å². The fraction of sp³-hybridized carbons (Fsp3) is 0.875. The average Bonchev–Trinajstić information content (AvgIpc) is 2.63. The van der Waals surface area contributed by atoms with E-state index in [1.165, 1.54) is 0 Å². The Bertz CT molecular complexity index is 210. The van der Waals surface area contributed by atoms with Crippen LogP contribution in [-0.4, -0.2) is 55.7 Å². The van der Waals surface area contributed by atoms with Crippen LogP contribution in [0.3, 0.4) is 0 Å². The summed E-state index contributed by atoms with van der Waals surface area (Å²) in [5.41, 5.74) is 5.33.